The molecule has 0 bridgehead atoms. The molecule has 0 radical (unpaired) electrons. The Morgan fingerprint density at radius 2 is 2.00 bits per heavy atom. The van der Waals surface area contributed by atoms with Crippen LogP contribution in [0.3, 0.4) is 0 Å². The highest BCUT2D eigenvalue weighted by atomic mass is 79.9. The minimum Gasteiger partial charge on any atom is -0.470 e. The van der Waals surface area contributed by atoms with Crippen LogP contribution in [0.15, 0.2) is 45.9 Å². The summed E-state index contributed by atoms with van der Waals surface area (Å²) < 4.78 is 7.01. The number of aliphatic imine (C=N–C) groups is 1. The van der Waals surface area contributed by atoms with Gasteiger partial charge >= 0.3 is 0 Å². The smallest absolute Gasteiger partial charge is 0.217 e. The fraction of sp³-hybridized carbons (Fsp3) is 0.357. The molecule has 0 spiro atoms. The third kappa shape index (κ3) is 3.04. The van der Waals surface area contributed by atoms with Crippen molar-refractivity contribution in [1.29, 1.82) is 0 Å². The Morgan fingerprint density at radius 1 is 1.33 bits per heavy atom. The molecule has 0 unspecified atom stereocenters. The maximum Gasteiger partial charge on any atom is 0.217 e. The Balaban J connectivity index is 2.25. The Kier molecular flexibility index (Phi) is 4.62. The summed E-state index contributed by atoms with van der Waals surface area (Å²) in [5.74, 6) is 0.724. The summed E-state index contributed by atoms with van der Waals surface area (Å²) in [6, 6.07) is 8.10. The van der Waals surface area contributed by atoms with Crippen LogP contribution in [0.25, 0.3) is 0 Å². The molecule has 1 aliphatic rings. The van der Waals surface area contributed by atoms with Crippen molar-refractivity contribution >= 4 is 37.8 Å². The van der Waals surface area contributed by atoms with Crippen molar-refractivity contribution in [3.05, 3.63) is 46.5 Å². The topological polar surface area (TPSA) is 21.6 Å². The molecule has 4 heteroatoms. The second kappa shape index (κ2) is 6.02. The molecule has 0 saturated heterocycles. The predicted octanol–water partition coefficient (Wildman–Crippen LogP) is 4.32. The molecule has 2 nitrogen and oxygen atoms in total. The average molecular weight is 373 g/mol. The number of benzene rings is 1. The lowest BCUT2D eigenvalue weighted by Gasteiger charge is -2.17. The maximum absolute atomic E-state index is 5.95. The first-order valence-corrected chi connectivity index (χ1v) is 7.60. The van der Waals surface area contributed by atoms with E-state index in [2.05, 4.69) is 49.9 Å². The van der Waals surface area contributed by atoms with Crippen LogP contribution < -0.4 is 0 Å². The molecule has 1 aliphatic heterocycles. The average Bonchev–Trinajstić information content (AvgIpc) is 2.75. The van der Waals surface area contributed by atoms with E-state index in [1.165, 1.54) is 0 Å². The molecule has 18 heavy (non-hydrogen) atoms. The number of allylic oxidation sites excluding steroid dienone is 1. The second-order valence-corrected chi connectivity index (χ2v) is 6.58. The maximum atomic E-state index is 5.95. The van der Waals surface area contributed by atoms with Crippen molar-refractivity contribution in [1.82, 2.24) is 0 Å². The number of hydrogen-bond acceptors (Lipinski definition) is 2. The van der Waals surface area contributed by atoms with Gasteiger partial charge in [-0.05, 0) is 38.1 Å². The Labute approximate surface area is 124 Å². The molecule has 0 aliphatic carbocycles. The van der Waals surface area contributed by atoms with Gasteiger partial charge in [0.15, 0.2) is 0 Å². The van der Waals surface area contributed by atoms with Crippen molar-refractivity contribution in [3.63, 3.8) is 0 Å². The predicted molar refractivity (Wildman–Crippen MR) is 82.5 cm³/mol. The van der Waals surface area contributed by atoms with Crippen LogP contribution in [0.5, 0.6) is 0 Å². The summed E-state index contributed by atoms with van der Waals surface area (Å²) in [6.07, 6.45) is 4.15. The lowest BCUT2D eigenvalue weighted by Crippen LogP contribution is -2.28. The Hall–Kier alpha value is -0.610. The first-order valence-electron chi connectivity index (χ1n) is 5.89. The van der Waals surface area contributed by atoms with Gasteiger partial charge in [-0.15, -0.1) is 0 Å². The highest BCUT2D eigenvalue weighted by molar-refractivity contribution is 9.10. The van der Waals surface area contributed by atoms with Gasteiger partial charge in [-0.1, -0.05) is 44.0 Å². The molecule has 0 amide bonds. The molecular formula is C14H15Br2NO. The van der Waals surface area contributed by atoms with Crippen LogP contribution in [0.1, 0.15) is 19.4 Å². The zero-order chi connectivity index (χ0) is 13.1. The highest BCUT2D eigenvalue weighted by Crippen LogP contribution is 2.25. The van der Waals surface area contributed by atoms with E-state index in [0.29, 0.717) is 0 Å². The first kappa shape index (κ1) is 13.8. The van der Waals surface area contributed by atoms with E-state index in [9.17, 15) is 0 Å². The molecule has 1 heterocycles. The largest absolute Gasteiger partial charge is 0.470 e. The summed E-state index contributed by atoms with van der Waals surface area (Å²) >= 11 is 7.01. The fourth-order valence-electron chi connectivity index (χ4n) is 1.89. The summed E-state index contributed by atoms with van der Waals surface area (Å²) in [7, 11) is 0. The van der Waals surface area contributed by atoms with E-state index in [1.807, 2.05) is 37.3 Å². The SMILES string of the molecule is C/C=C/[C@@H]1N=C(c2ccc(Br)cc2)O[C@@H]1[C@@H](C)Br. The van der Waals surface area contributed by atoms with Gasteiger partial charge in [0.05, 0.1) is 4.83 Å². The minimum absolute atomic E-state index is 0.0554. The molecule has 3 atom stereocenters. The van der Waals surface area contributed by atoms with Crippen molar-refractivity contribution in [2.45, 2.75) is 30.8 Å². The van der Waals surface area contributed by atoms with Crippen LogP contribution >= 0.6 is 31.9 Å². The van der Waals surface area contributed by atoms with E-state index in [1.54, 1.807) is 0 Å². The fourth-order valence-corrected chi connectivity index (χ4v) is 2.57. The summed E-state index contributed by atoms with van der Waals surface area (Å²) in [6.45, 7) is 4.09. The normalized spacial score (nSPS) is 25.0. The third-order valence-electron chi connectivity index (χ3n) is 2.78. The van der Waals surface area contributed by atoms with Gasteiger partial charge in [-0.3, -0.25) is 0 Å². The van der Waals surface area contributed by atoms with E-state index in [0.717, 1.165) is 15.9 Å². The van der Waals surface area contributed by atoms with Crippen molar-refractivity contribution < 1.29 is 4.74 Å². The number of ether oxygens (including phenoxy) is 1. The quantitative estimate of drug-likeness (QED) is 0.571. The van der Waals surface area contributed by atoms with Gasteiger partial charge in [0.1, 0.15) is 12.1 Å². The van der Waals surface area contributed by atoms with Gasteiger partial charge in [-0.2, -0.15) is 0 Å². The number of alkyl halides is 1. The Morgan fingerprint density at radius 3 is 2.56 bits per heavy atom. The zero-order valence-corrected chi connectivity index (χ0v) is 13.5. The number of hydrogen-bond donors (Lipinski definition) is 0. The molecule has 0 fully saturated rings. The summed E-state index contributed by atoms with van der Waals surface area (Å²) in [4.78, 5) is 4.90. The molecule has 2 rings (SSSR count). The molecule has 0 aromatic heterocycles. The van der Waals surface area contributed by atoms with Crippen molar-refractivity contribution in [2.24, 2.45) is 4.99 Å². The highest BCUT2D eigenvalue weighted by Gasteiger charge is 2.32. The molecule has 1 aromatic rings. The third-order valence-corrected chi connectivity index (χ3v) is 3.83. The number of halogens is 2. The van der Waals surface area contributed by atoms with Crippen molar-refractivity contribution in [2.75, 3.05) is 0 Å². The molecule has 96 valence electrons. The van der Waals surface area contributed by atoms with Crippen molar-refractivity contribution in [3.8, 4) is 0 Å². The molecule has 0 N–H and O–H groups in total. The minimum atomic E-state index is 0.0554. The first-order chi connectivity index (χ1) is 8.61. The zero-order valence-electron chi connectivity index (χ0n) is 10.3. The van der Waals surface area contributed by atoms with Crippen LogP contribution in [-0.4, -0.2) is 22.9 Å². The van der Waals surface area contributed by atoms with Crippen LogP contribution in [0.2, 0.25) is 0 Å². The number of rotatable bonds is 3. The van der Waals surface area contributed by atoms with E-state index in [4.69, 9.17) is 4.74 Å². The van der Waals surface area contributed by atoms with E-state index >= 15 is 0 Å². The summed E-state index contributed by atoms with van der Waals surface area (Å²) in [5, 5.41) is 0. The molecule has 1 aromatic carbocycles. The van der Waals surface area contributed by atoms with Gasteiger partial charge in [-0.25, -0.2) is 4.99 Å². The van der Waals surface area contributed by atoms with Gasteiger partial charge < -0.3 is 4.74 Å². The van der Waals surface area contributed by atoms with E-state index < -0.39 is 0 Å². The standard InChI is InChI=1S/C14H15Br2NO/c1-3-4-12-13(9(2)15)18-14(17-12)10-5-7-11(16)8-6-10/h3-9,12-13H,1-2H3/b4-3+/t9-,12+,13-/m1/s1. The molecule has 0 saturated carbocycles. The lowest BCUT2D eigenvalue weighted by molar-refractivity contribution is 0.209. The van der Waals surface area contributed by atoms with Gasteiger partial charge in [0.2, 0.25) is 5.90 Å². The molecular weight excluding hydrogens is 358 g/mol. The van der Waals surface area contributed by atoms with Gasteiger partial charge in [0.25, 0.3) is 0 Å². The lowest BCUT2D eigenvalue weighted by atomic mass is 10.1. The summed E-state index contributed by atoms with van der Waals surface area (Å²) in [5.41, 5.74) is 1.02. The van der Waals surface area contributed by atoms with Crippen LogP contribution in [0.4, 0.5) is 0 Å². The Bertz CT molecular complexity index is 465. The second-order valence-electron chi connectivity index (χ2n) is 4.22. The number of nitrogens with zero attached hydrogens (tertiary/aromatic N) is 1. The van der Waals surface area contributed by atoms with Crippen LogP contribution in [-0.2, 0) is 4.74 Å². The van der Waals surface area contributed by atoms with E-state index in [-0.39, 0.29) is 17.0 Å². The van der Waals surface area contributed by atoms with Gasteiger partial charge in [0, 0.05) is 10.0 Å². The van der Waals surface area contributed by atoms with Crippen LogP contribution in [0, 0.1) is 0 Å². The monoisotopic (exact) mass is 371 g/mol.